The van der Waals surface area contributed by atoms with E-state index in [2.05, 4.69) is 5.32 Å². The Hall–Kier alpha value is -4.07. The lowest BCUT2D eigenvalue weighted by molar-refractivity contribution is -0.138. The van der Waals surface area contributed by atoms with Crippen LogP contribution in [-0.4, -0.2) is 23.8 Å². The number of carbonyl (C=O) groups is 2. The van der Waals surface area contributed by atoms with Crippen molar-refractivity contribution in [1.29, 1.82) is 0 Å². The number of alkyl halides is 3. The Morgan fingerprint density at radius 3 is 2.29 bits per heavy atom. The monoisotopic (exact) mass is 466 g/mol. The molecule has 1 heterocycles. The highest BCUT2D eigenvalue weighted by Crippen LogP contribution is 2.37. The van der Waals surface area contributed by atoms with Crippen molar-refractivity contribution >= 4 is 23.1 Å². The van der Waals surface area contributed by atoms with Crippen molar-refractivity contribution in [3.8, 4) is 5.75 Å². The second kappa shape index (κ2) is 9.05. The van der Waals surface area contributed by atoms with Crippen molar-refractivity contribution in [3.63, 3.8) is 0 Å². The lowest BCUT2D eigenvalue weighted by atomic mass is 10.0. The second-order valence-electron chi connectivity index (χ2n) is 7.84. The van der Waals surface area contributed by atoms with Gasteiger partial charge in [0.05, 0.1) is 24.8 Å². The Morgan fingerprint density at radius 2 is 1.62 bits per heavy atom. The van der Waals surface area contributed by atoms with Gasteiger partial charge < -0.3 is 10.1 Å². The molecule has 0 radical (unpaired) electrons. The van der Waals surface area contributed by atoms with E-state index in [0.29, 0.717) is 11.3 Å². The van der Waals surface area contributed by atoms with Crippen molar-refractivity contribution < 1.29 is 27.5 Å². The van der Waals surface area contributed by atoms with Gasteiger partial charge in [-0.3, -0.25) is 14.5 Å². The molecule has 5 nitrogen and oxygen atoms in total. The average molecular weight is 466 g/mol. The molecular weight excluding hydrogens is 445 g/mol. The van der Waals surface area contributed by atoms with Gasteiger partial charge in [-0.1, -0.05) is 54.1 Å². The van der Waals surface area contributed by atoms with Crippen LogP contribution < -0.4 is 10.1 Å². The van der Waals surface area contributed by atoms with E-state index in [4.69, 9.17) is 4.74 Å². The topological polar surface area (TPSA) is 58.6 Å². The Bertz CT molecular complexity index is 1280. The average Bonchev–Trinajstić information content (AvgIpc) is 3.04. The van der Waals surface area contributed by atoms with Crippen LogP contribution in [0.15, 0.2) is 78.5 Å². The Labute approximate surface area is 194 Å². The van der Waals surface area contributed by atoms with Crippen molar-refractivity contribution in [2.24, 2.45) is 0 Å². The summed E-state index contributed by atoms with van der Waals surface area (Å²) in [7, 11) is 1.44. The quantitative estimate of drug-likeness (QED) is 0.494. The van der Waals surface area contributed by atoms with Gasteiger partial charge in [-0.05, 0) is 36.8 Å². The maximum absolute atomic E-state index is 13.5. The number of nitrogens with zero attached hydrogens (tertiary/aromatic N) is 1. The maximum atomic E-state index is 13.5. The minimum Gasteiger partial charge on any atom is -0.496 e. The predicted octanol–water partition coefficient (Wildman–Crippen LogP) is 5.41. The van der Waals surface area contributed by atoms with Gasteiger partial charge in [0.2, 0.25) is 0 Å². The van der Waals surface area contributed by atoms with Crippen molar-refractivity contribution in [1.82, 2.24) is 4.90 Å². The van der Waals surface area contributed by atoms with Crippen molar-refractivity contribution in [3.05, 3.63) is 101 Å². The summed E-state index contributed by atoms with van der Waals surface area (Å²) in [6.45, 7) is 1.94. The number of carbonyl (C=O) groups excluding carboxylic acids is 2. The number of benzene rings is 3. The number of methoxy groups -OCH3 is 1. The second-order valence-corrected chi connectivity index (χ2v) is 7.84. The summed E-state index contributed by atoms with van der Waals surface area (Å²) < 4.78 is 45.0. The van der Waals surface area contributed by atoms with Gasteiger partial charge in [0.15, 0.2) is 0 Å². The van der Waals surface area contributed by atoms with Gasteiger partial charge in [-0.15, -0.1) is 0 Å². The predicted molar refractivity (Wildman–Crippen MR) is 122 cm³/mol. The number of anilines is 1. The van der Waals surface area contributed by atoms with Crippen LogP contribution in [0.3, 0.4) is 0 Å². The summed E-state index contributed by atoms with van der Waals surface area (Å²) in [5.41, 5.74) is 1.23. The zero-order valence-electron chi connectivity index (χ0n) is 18.4. The first-order valence-corrected chi connectivity index (χ1v) is 10.4. The molecule has 0 spiro atoms. The van der Waals surface area contributed by atoms with Crippen LogP contribution in [0.5, 0.6) is 5.75 Å². The summed E-state index contributed by atoms with van der Waals surface area (Å²) >= 11 is 0. The molecule has 34 heavy (non-hydrogen) atoms. The fourth-order valence-corrected chi connectivity index (χ4v) is 3.73. The van der Waals surface area contributed by atoms with Gasteiger partial charge >= 0.3 is 6.18 Å². The zero-order chi connectivity index (χ0) is 24.5. The molecule has 1 aliphatic heterocycles. The van der Waals surface area contributed by atoms with Gasteiger partial charge in [0, 0.05) is 11.3 Å². The minimum absolute atomic E-state index is 0.0182. The number of hydrogen-bond acceptors (Lipinski definition) is 4. The summed E-state index contributed by atoms with van der Waals surface area (Å²) in [6, 6.07) is 18.5. The molecule has 0 atom stereocenters. The molecule has 1 aliphatic rings. The molecule has 174 valence electrons. The number of imide groups is 1. The minimum atomic E-state index is -4.55. The van der Waals surface area contributed by atoms with Gasteiger partial charge in [0.1, 0.15) is 11.4 Å². The number of rotatable bonds is 6. The SMILES string of the molecule is COc1ccccc1C1=C(Nc2cccc(C(F)(F)F)c2)C(=O)N(Cc2ccc(C)cc2)C1=O. The lowest BCUT2D eigenvalue weighted by Gasteiger charge is -2.16. The standard InChI is InChI=1S/C26H21F3N2O3/c1-16-10-12-17(13-11-16)15-31-24(32)22(20-8-3-4-9-21(20)34-2)23(25(31)33)30-19-7-5-6-18(14-19)26(27,28)29/h3-14,30H,15H2,1-2H3. The number of aryl methyl sites for hydroxylation is 1. The molecule has 1 N–H and O–H groups in total. The molecule has 0 aliphatic carbocycles. The van der Waals surface area contributed by atoms with Crippen LogP contribution in [0, 0.1) is 6.92 Å². The molecule has 0 saturated carbocycles. The number of hydrogen-bond donors (Lipinski definition) is 1. The highest BCUT2D eigenvalue weighted by molar-refractivity contribution is 6.36. The first-order chi connectivity index (χ1) is 16.2. The maximum Gasteiger partial charge on any atom is 0.416 e. The van der Waals surface area contributed by atoms with E-state index in [1.165, 1.54) is 19.2 Å². The largest absolute Gasteiger partial charge is 0.496 e. The number of para-hydroxylation sites is 1. The molecule has 8 heteroatoms. The summed E-state index contributed by atoms with van der Waals surface area (Å²) in [5.74, 6) is -0.840. The fourth-order valence-electron chi connectivity index (χ4n) is 3.73. The van der Waals surface area contributed by atoms with E-state index in [1.54, 1.807) is 24.3 Å². The first-order valence-electron chi connectivity index (χ1n) is 10.4. The Kier molecular flexibility index (Phi) is 6.15. The van der Waals surface area contributed by atoms with E-state index in [9.17, 15) is 22.8 Å². The van der Waals surface area contributed by atoms with E-state index in [1.807, 2.05) is 31.2 Å². The molecule has 3 aromatic carbocycles. The number of amides is 2. The van der Waals surface area contributed by atoms with E-state index in [0.717, 1.165) is 28.2 Å². The van der Waals surface area contributed by atoms with E-state index in [-0.39, 0.29) is 23.5 Å². The molecule has 3 aromatic rings. The van der Waals surface area contributed by atoms with Crippen LogP contribution in [0.1, 0.15) is 22.3 Å². The van der Waals surface area contributed by atoms with Gasteiger partial charge in [-0.2, -0.15) is 13.2 Å². The molecular formula is C26H21F3N2O3. The molecule has 0 aromatic heterocycles. The molecule has 2 amide bonds. The Balaban J connectivity index is 1.78. The third-order valence-electron chi connectivity index (χ3n) is 5.46. The van der Waals surface area contributed by atoms with Gasteiger partial charge in [-0.25, -0.2) is 0 Å². The number of ether oxygens (including phenoxy) is 1. The number of halogens is 3. The highest BCUT2D eigenvalue weighted by atomic mass is 19.4. The van der Waals surface area contributed by atoms with Gasteiger partial charge in [0.25, 0.3) is 11.8 Å². The molecule has 0 saturated heterocycles. The third-order valence-corrected chi connectivity index (χ3v) is 5.46. The van der Waals surface area contributed by atoms with Crippen LogP contribution in [-0.2, 0) is 22.3 Å². The van der Waals surface area contributed by atoms with Crippen molar-refractivity contribution in [2.45, 2.75) is 19.6 Å². The summed E-state index contributed by atoms with van der Waals surface area (Å²) in [4.78, 5) is 27.9. The number of nitrogens with one attached hydrogen (secondary N) is 1. The first kappa shape index (κ1) is 23.1. The summed E-state index contributed by atoms with van der Waals surface area (Å²) in [5, 5.41) is 2.77. The molecule has 0 bridgehead atoms. The van der Waals surface area contributed by atoms with Crippen LogP contribution in [0.25, 0.3) is 5.57 Å². The van der Waals surface area contributed by atoms with Crippen LogP contribution in [0.4, 0.5) is 18.9 Å². The smallest absolute Gasteiger partial charge is 0.416 e. The van der Waals surface area contributed by atoms with E-state index >= 15 is 0 Å². The van der Waals surface area contributed by atoms with Crippen molar-refractivity contribution in [2.75, 3.05) is 12.4 Å². The zero-order valence-corrected chi connectivity index (χ0v) is 18.4. The normalized spacial score (nSPS) is 14.1. The Morgan fingerprint density at radius 1 is 0.912 bits per heavy atom. The van der Waals surface area contributed by atoms with E-state index < -0.39 is 23.6 Å². The molecule has 0 fully saturated rings. The molecule has 0 unspecified atom stereocenters. The lowest BCUT2D eigenvalue weighted by Crippen LogP contribution is -2.32. The summed E-state index contributed by atoms with van der Waals surface area (Å²) in [6.07, 6.45) is -4.55. The third kappa shape index (κ3) is 4.52. The molecule has 4 rings (SSSR count). The van der Waals surface area contributed by atoms with Crippen LogP contribution in [0.2, 0.25) is 0 Å². The highest BCUT2D eigenvalue weighted by Gasteiger charge is 2.40. The fraction of sp³-hybridized carbons (Fsp3) is 0.154. The van der Waals surface area contributed by atoms with Crippen LogP contribution >= 0.6 is 0 Å².